The van der Waals surface area contributed by atoms with Crippen LogP contribution in [0.5, 0.6) is 0 Å². The van der Waals surface area contributed by atoms with E-state index in [2.05, 4.69) is 26.2 Å². The Labute approximate surface area is 106 Å². The van der Waals surface area contributed by atoms with Crippen molar-refractivity contribution in [3.63, 3.8) is 0 Å². The van der Waals surface area contributed by atoms with Crippen LogP contribution < -0.4 is 5.32 Å². The monoisotopic (exact) mass is 296 g/mol. The van der Waals surface area contributed by atoms with Crippen molar-refractivity contribution >= 4 is 38.9 Å². The molecule has 16 heavy (non-hydrogen) atoms. The van der Waals surface area contributed by atoms with Gasteiger partial charge in [-0.2, -0.15) is 0 Å². The summed E-state index contributed by atoms with van der Waals surface area (Å²) in [6.07, 6.45) is 3.29. The predicted octanol–water partition coefficient (Wildman–Crippen LogP) is 3.47. The standard InChI is InChI=1S/C11H9BrN2OS/c1-7-6-9(16-10(7)12)11(15)14-8-2-4-13-5-3-8/h2-6H,1H3,(H,13,14,15). The number of amides is 1. The number of anilines is 1. The maximum absolute atomic E-state index is 11.8. The molecule has 0 aromatic carbocycles. The molecule has 0 radical (unpaired) electrons. The number of hydrogen-bond acceptors (Lipinski definition) is 3. The minimum absolute atomic E-state index is 0.0926. The summed E-state index contributed by atoms with van der Waals surface area (Å²) in [5.74, 6) is -0.0926. The van der Waals surface area contributed by atoms with E-state index < -0.39 is 0 Å². The number of hydrogen-bond donors (Lipinski definition) is 1. The smallest absolute Gasteiger partial charge is 0.265 e. The highest BCUT2D eigenvalue weighted by Gasteiger charge is 2.10. The number of nitrogens with zero attached hydrogens (tertiary/aromatic N) is 1. The minimum atomic E-state index is -0.0926. The molecular formula is C11H9BrN2OS. The van der Waals surface area contributed by atoms with E-state index in [1.807, 2.05) is 13.0 Å². The molecule has 1 amide bonds. The summed E-state index contributed by atoms with van der Waals surface area (Å²) in [4.78, 5) is 16.4. The van der Waals surface area contributed by atoms with Crippen LogP contribution in [0.25, 0.3) is 0 Å². The Morgan fingerprint density at radius 1 is 1.44 bits per heavy atom. The molecule has 82 valence electrons. The van der Waals surface area contributed by atoms with Crippen molar-refractivity contribution in [3.05, 3.63) is 44.8 Å². The number of rotatable bonds is 2. The number of pyridine rings is 1. The minimum Gasteiger partial charge on any atom is -0.321 e. The molecule has 0 spiro atoms. The average molecular weight is 297 g/mol. The van der Waals surface area contributed by atoms with E-state index in [0.717, 1.165) is 15.0 Å². The normalized spacial score (nSPS) is 10.1. The Bertz CT molecular complexity index is 490. The topological polar surface area (TPSA) is 42.0 Å². The molecule has 0 unspecified atom stereocenters. The Balaban J connectivity index is 2.15. The third-order valence-electron chi connectivity index (χ3n) is 2.02. The molecular weight excluding hydrogens is 288 g/mol. The van der Waals surface area contributed by atoms with Crippen molar-refractivity contribution in [2.24, 2.45) is 0 Å². The van der Waals surface area contributed by atoms with Crippen molar-refractivity contribution in [1.82, 2.24) is 4.98 Å². The lowest BCUT2D eigenvalue weighted by Gasteiger charge is -2.01. The number of carbonyl (C=O) groups excluding carboxylic acids is 1. The van der Waals surface area contributed by atoms with Crippen molar-refractivity contribution in [3.8, 4) is 0 Å². The highest BCUT2D eigenvalue weighted by Crippen LogP contribution is 2.27. The Morgan fingerprint density at radius 2 is 2.12 bits per heavy atom. The van der Waals surface area contributed by atoms with Crippen LogP contribution in [0.2, 0.25) is 0 Å². The second-order valence-corrected chi connectivity index (χ2v) is 5.63. The lowest BCUT2D eigenvalue weighted by molar-refractivity contribution is 0.103. The van der Waals surface area contributed by atoms with Crippen LogP contribution in [-0.2, 0) is 0 Å². The SMILES string of the molecule is Cc1cc(C(=O)Nc2ccncc2)sc1Br. The van der Waals surface area contributed by atoms with Gasteiger partial charge in [-0.1, -0.05) is 0 Å². The molecule has 3 nitrogen and oxygen atoms in total. The number of thiophene rings is 1. The first-order valence-electron chi connectivity index (χ1n) is 4.64. The van der Waals surface area contributed by atoms with Gasteiger partial charge in [0, 0.05) is 18.1 Å². The molecule has 0 atom stereocenters. The lowest BCUT2D eigenvalue weighted by Crippen LogP contribution is -2.09. The number of nitrogens with one attached hydrogen (secondary N) is 1. The van der Waals surface area contributed by atoms with Crippen molar-refractivity contribution in [2.45, 2.75) is 6.92 Å². The predicted molar refractivity (Wildman–Crippen MR) is 68.9 cm³/mol. The third-order valence-corrected chi connectivity index (χ3v) is 4.15. The van der Waals surface area contributed by atoms with Gasteiger partial charge in [-0.05, 0) is 46.6 Å². The molecule has 0 saturated carbocycles. The van der Waals surface area contributed by atoms with E-state index in [-0.39, 0.29) is 5.91 Å². The molecule has 0 aliphatic rings. The summed E-state index contributed by atoms with van der Waals surface area (Å²) < 4.78 is 0.993. The first-order valence-corrected chi connectivity index (χ1v) is 6.25. The fraction of sp³-hybridized carbons (Fsp3) is 0.0909. The van der Waals surface area contributed by atoms with Crippen LogP contribution in [0.15, 0.2) is 34.4 Å². The van der Waals surface area contributed by atoms with Crippen LogP contribution in [-0.4, -0.2) is 10.9 Å². The molecule has 1 N–H and O–H groups in total. The van der Waals surface area contributed by atoms with Gasteiger partial charge < -0.3 is 5.32 Å². The summed E-state index contributed by atoms with van der Waals surface area (Å²) >= 11 is 4.83. The van der Waals surface area contributed by atoms with Crippen LogP contribution in [0, 0.1) is 6.92 Å². The largest absolute Gasteiger partial charge is 0.321 e. The second-order valence-electron chi connectivity index (χ2n) is 3.26. The summed E-state index contributed by atoms with van der Waals surface area (Å²) in [5.41, 5.74) is 1.83. The van der Waals surface area contributed by atoms with Gasteiger partial charge in [0.2, 0.25) is 0 Å². The van der Waals surface area contributed by atoms with Crippen LogP contribution in [0.4, 0.5) is 5.69 Å². The van der Waals surface area contributed by atoms with E-state index in [0.29, 0.717) is 4.88 Å². The van der Waals surface area contributed by atoms with Gasteiger partial charge in [0.25, 0.3) is 5.91 Å². The summed E-state index contributed by atoms with van der Waals surface area (Å²) in [6.45, 7) is 1.96. The number of carbonyl (C=O) groups is 1. The zero-order valence-corrected chi connectivity index (χ0v) is 10.9. The van der Waals surface area contributed by atoms with Gasteiger partial charge >= 0.3 is 0 Å². The van der Waals surface area contributed by atoms with Crippen LogP contribution in [0.1, 0.15) is 15.2 Å². The van der Waals surface area contributed by atoms with Crippen molar-refractivity contribution in [1.29, 1.82) is 0 Å². The van der Waals surface area contributed by atoms with Gasteiger partial charge in [-0.15, -0.1) is 11.3 Å². The molecule has 2 rings (SSSR count). The summed E-state index contributed by atoms with van der Waals surface area (Å²) in [6, 6.07) is 5.38. The van der Waals surface area contributed by atoms with E-state index >= 15 is 0 Å². The molecule has 0 aliphatic carbocycles. The maximum Gasteiger partial charge on any atom is 0.265 e. The molecule has 0 bridgehead atoms. The first kappa shape index (κ1) is 11.3. The Hall–Kier alpha value is -1.20. The van der Waals surface area contributed by atoms with Gasteiger partial charge in [0.1, 0.15) is 0 Å². The highest BCUT2D eigenvalue weighted by atomic mass is 79.9. The Morgan fingerprint density at radius 3 is 2.69 bits per heavy atom. The van der Waals surface area contributed by atoms with E-state index in [1.165, 1.54) is 11.3 Å². The third kappa shape index (κ3) is 2.48. The van der Waals surface area contributed by atoms with Gasteiger partial charge in [0.05, 0.1) is 8.66 Å². The van der Waals surface area contributed by atoms with Crippen molar-refractivity contribution in [2.75, 3.05) is 5.32 Å². The zero-order chi connectivity index (χ0) is 11.5. The van der Waals surface area contributed by atoms with Crippen molar-refractivity contribution < 1.29 is 4.79 Å². The fourth-order valence-electron chi connectivity index (χ4n) is 1.20. The van der Waals surface area contributed by atoms with Gasteiger partial charge in [0.15, 0.2) is 0 Å². The summed E-state index contributed by atoms with van der Waals surface area (Å²) in [7, 11) is 0. The molecule has 2 heterocycles. The molecule has 2 aromatic rings. The zero-order valence-electron chi connectivity index (χ0n) is 8.53. The fourth-order valence-corrected chi connectivity index (χ4v) is 2.63. The number of aromatic nitrogens is 1. The molecule has 0 saturated heterocycles. The number of aryl methyl sites for hydroxylation is 1. The highest BCUT2D eigenvalue weighted by molar-refractivity contribution is 9.11. The Kier molecular flexibility index (Phi) is 3.36. The first-order chi connectivity index (χ1) is 7.66. The van der Waals surface area contributed by atoms with E-state index in [4.69, 9.17) is 0 Å². The molecule has 2 aromatic heterocycles. The molecule has 5 heteroatoms. The van der Waals surface area contributed by atoms with Gasteiger partial charge in [-0.25, -0.2) is 0 Å². The average Bonchev–Trinajstić information content (AvgIpc) is 2.61. The summed E-state index contributed by atoms with van der Waals surface area (Å²) in [5, 5.41) is 2.81. The number of halogens is 1. The van der Waals surface area contributed by atoms with Gasteiger partial charge in [-0.3, -0.25) is 9.78 Å². The quantitative estimate of drug-likeness (QED) is 0.922. The molecule has 0 aliphatic heterocycles. The molecule has 0 fully saturated rings. The van der Waals surface area contributed by atoms with Crippen LogP contribution >= 0.6 is 27.3 Å². The van der Waals surface area contributed by atoms with E-state index in [1.54, 1.807) is 24.5 Å². The van der Waals surface area contributed by atoms with Crippen LogP contribution in [0.3, 0.4) is 0 Å². The second kappa shape index (κ2) is 4.76. The maximum atomic E-state index is 11.8. The van der Waals surface area contributed by atoms with E-state index in [9.17, 15) is 4.79 Å². The lowest BCUT2D eigenvalue weighted by atomic mass is 10.3.